The smallest absolute Gasteiger partial charge is 0.303 e. The number of benzene rings is 2. The van der Waals surface area contributed by atoms with Gasteiger partial charge in [0.05, 0.1) is 19.1 Å². The number of hydrogen-bond acceptors (Lipinski definition) is 4. The van der Waals surface area contributed by atoms with Crippen LogP contribution in [0, 0.1) is 0 Å². The number of hydrogen-bond donors (Lipinski definition) is 3. The molecule has 2 aromatic rings. The van der Waals surface area contributed by atoms with E-state index in [0.29, 0.717) is 24.5 Å². The highest BCUT2D eigenvalue weighted by Gasteiger charge is 2.17. The van der Waals surface area contributed by atoms with Gasteiger partial charge in [0.1, 0.15) is 5.75 Å². The first-order valence-electron chi connectivity index (χ1n) is 9.00. The average Bonchev–Trinajstić information content (AvgIpc) is 2.66. The van der Waals surface area contributed by atoms with E-state index in [4.69, 9.17) is 9.84 Å². The molecular formula is C21H24N2O5. The molecule has 2 rings (SSSR count). The molecule has 28 heavy (non-hydrogen) atoms. The molecule has 0 aliphatic heterocycles. The van der Waals surface area contributed by atoms with Gasteiger partial charge >= 0.3 is 5.97 Å². The molecule has 0 aromatic heterocycles. The van der Waals surface area contributed by atoms with Crippen molar-refractivity contribution in [3.05, 3.63) is 60.2 Å². The molecule has 0 saturated carbocycles. The number of amides is 2. The molecule has 1 atom stereocenters. The van der Waals surface area contributed by atoms with E-state index >= 15 is 0 Å². The molecule has 0 fully saturated rings. The zero-order chi connectivity index (χ0) is 20.4. The monoisotopic (exact) mass is 384 g/mol. The summed E-state index contributed by atoms with van der Waals surface area (Å²) in [4.78, 5) is 34.3. The Hall–Kier alpha value is -3.35. The van der Waals surface area contributed by atoms with E-state index in [9.17, 15) is 14.4 Å². The number of aliphatic carboxylic acids is 1. The summed E-state index contributed by atoms with van der Waals surface area (Å²) in [5, 5.41) is 14.2. The van der Waals surface area contributed by atoms with Crippen molar-refractivity contribution in [1.29, 1.82) is 0 Å². The lowest BCUT2D eigenvalue weighted by Gasteiger charge is -2.18. The van der Waals surface area contributed by atoms with Gasteiger partial charge in [-0.15, -0.1) is 0 Å². The first kappa shape index (κ1) is 21.0. The Morgan fingerprint density at radius 1 is 1.04 bits per heavy atom. The number of nitrogens with one attached hydrogen (secondary N) is 2. The Bertz CT molecular complexity index is 790. The highest BCUT2D eigenvalue weighted by molar-refractivity contribution is 5.91. The fourth-order valence-corrected chi connectivity index (χ4v) is 2.63. The van der Waals surface area contributed by atoms with Crippen molar-refractivity contribution in [2.24, 2.45) is 0 Å². The second kappa shape index (κ2) is 10.7. The van der Waals surface area contributed by atoms with Gasteiger partial charge in [-0.05, 0) is 36.2 Å². The minimum absolute atomic E-state index is 0.0605. The molecule has 0 heterocycles. The van der Waals surface area contributed by atoms with Crippen molar-refractivity contribution < 1.29 is 24.2 Å². The van der Waals surface area contributed by atoms with E-state index < -0.39 is 12.0 Å². The van der Waals surface area contributed by atoms with Crippen molar-refractivity contribution in [3.63, 3.8) is 0 Å². The maximum atomic E-state index is 12.4. The van der Waals surface area contributed by atoms with E-state index in [-0.39, 0.29) is 24.7 Å². The van der Waals surface area contributed by atoms with Crippen LogP contribution in [0.15, 0.2) is 54.6 Å². The lowest BCUT2D eigenvalue weighted by atomic mass is 10.0. The maximum Gasteiger partial charge on any atom is 0.303 e. The third kappa shape index (κ3) is 7.49. The van der Waals surface area contributed by atoms with Crippen LogP contribution in [0.1, 0.15) is 37.8 Å². The molecule has 0 saturated heterocycles. The van der Waals surface area contributed by atoms with Gasteiger partial charge in [0.15, 0.2) is 0 Å². The average molecular weight is 384 g/mol. The number of carbonyl (C=O) groups is 3. The van der Waals surface area contributed by atoms with Gasteiger partial charge in [-0.3, -0.25) is 14.4 Å². The molecule has 148 valence electrons. The maximum absolute atomic E-state index is 12.4. The highest BCUT2D eigenvalue weighted by Crippen LogP contribution is 2.19. The van der Waals surface area contributed by atoms with Crippen LogP contribution in [0.5, 0.6) is 5.75 Å². The number of carbonyl (C=O) groups excluding carboxylic acids is 2. The molecule has 2 aromatic carbocycles. The lowest BCUT2D eigenvalue weighted by Crippen LogP contribution is -2.29. The van der Waals surface area contributed by atoms with Gasteiger partial charge < -0.3 is 20.5 Å². The van der Waals surface area contributed by atoms with Gasteiger partial charge in [-0.25, -0.2) is 0 Å². The Kier molecular flexibility index (Phi) is 8.02. The summed E-state index contributed by atoms with van der Waals surface area (Å²) in [6.45, 7) is 1.73. The molecule has 0 bridgehead atoms. The summed E-state index contributed by atoms with van der Waals surface area (Å²) in [6.07, 6.45) is 0.597. The topological polar surface area (TPSA) is 105 Å². The van der Waals surface area contributed by atoms with Crippen LogP contribution in [-0.2, 0) is 14.4 Å². The number of ether oxygens (including phenoxy) is 1. The Morgan fingerprint density at radius 2 is 1.71 bits per heavy atom. The molecule has 0 aliphatic rings. The van der Waals surface area contributed by atoms with Gasteiger partial charge in [0.2, 0.25) is 11.8 Å². The fourth-order valence-electron chi connectivity index (χ4n) is 2.63. The van der Waals surface area contributed by atoms with Gasteiger partial charge in [0.25, 0.3) is 0 Å². The second-order valence-electron chi connectivity index (χ2n) is 6.29. The molecule has 3 N–H and O–H groups in total. The zero-order valence-corrected chi connectivity index (χ0v) is 15.7. The Labute approximate surface area is 163 Å². The zero-order valence-electron chi connectivity index (χ0n) is 15.7. The van der Waals surface area contributed by atoms with Crippen molar-refractivity contribution in [1.82, 2.24) is 5.32 Å². The summed E-state index contributed by atoms with van der Waals surface area (Å²) in [6, 6.07) is 15.7. The van der Waals surface area contributed by atoms with E-state index in [0.717, 1.165) is 5.56 Å². The fraction of sp³-hybridized carbons (Fsp3) is 0.286. The van der Waals surface area contributed by atoms with Crippen LogP contribution >= 0.6 is 0 Å². The summed E-state index contributed by atoms with van der Waals surface area (Å²) in [5.74, 6) is -0.678. The molecule has 1 unspecified atom stereocenters. The van der Waals surface area contributed by atoms with E-state index in [1.54, 1.807) is 24.3 Å². The number of anilines is 1. The molecule has 7 heteroatoms. The highest BCUT2D eigenvalue weighted by atomic mass is 16.5. The quantitative estimate of drug-likeness (QED) is 0.546. The molecular weight excluding hydrogens is 360 g/mol. The minimum atomic E-state index is -0.852. The largest absolute Gasteiger partial charge is 0.494 e. The summed E-state index contributed by atoms with van der Waals surface area (Å²) >= 11 is 0. The van der Waals surface area contributed by atoms with Crippen molar-refractivity contribution in [2.45, 2.75) is 32.2 Å². The lowest BCUT2D eigenvalue weighted by molar-refractivity contribution is -0.137. The van der Waals surface area contributed by atoms with Crippen molar-refractivity contribution >= 4 is 23.5 Å². The number of carboxylic acids is 1. The van der Waals surface area contributed by atoms with Gasteiger partial charge in [0, 0.05) is 19.0 Å². The number of carboxylic acid groups (broad SMARTS) is 1. The Balaban J connectivity index is 1.88. The summed E-state index contributed by atoms with van der Waals surface area (Å²) in [5.41, 5.74) is 1.47. The van der Waals surface area contributed by atoms with E-state index in [1.807, 2.05) is 30.3 Å². The predicted molar refractivity (Wildman–Crippen MR) is 105 cm³/mol. The van der Waals surface area contributed by atoms with Crippen LogP contribution < -0.4 is 15.4 Å². The third-order valence-electron chi connectivity index (χ3n) is 3.91. The predicted octanol–water partition coefficient (Wildman–Crippen LogP) is 3.14. The first-order valence-corrected chi connectivity index (χ1v) is 9.00. The van der Waals surface area contributed by atoms with Gasteiger partial charge in [-0.1, -0.05) is 30.3 Å². The van der Waals surface area contributed by atoms with Crippen LogP contribution in [-0.4, -0.2) is 29.5 Å². The normalized spacial score (nSPS) is 11.3. The summed E-state index contributed by atoms with van der Waals surface area (Å²) in [7, 11) is 0. The minimum Gasteiger partial charge on any atom is -0.494 e. The van der Waals surface area contributed by atoms with Crippen LogP contribution in [0.3, 0.4) is 0 Å². The van der Waals surface area contributed by atoms with Crippen molar-refractivity contribution in [3.8, 4) is 5.75 Å². The van der Waals surface area contributed by atoms with E-state index in [1.165, 1.54) is 6.92 Å². The van der Waals surface area contributed by atoms with Gasteiger partial charge in [-0.2, -0.15) is 0 Å². The molecule has 0 spiro atoms. The molecule has 0 aliphatic carbocycles. The van der Waals surface area contributed by atoms with Crippen LogP contribution in [0.25, 0.3) is 0 Å². The van der Waals surface area contributed by atoms with Crippen LogP contribution in [0.2, 0.25) is 0 Å². The van der Waals surface area contributed by atoms with Crippen LogP contribution in [0.4, 0.5) is 5.69 Å². The van der Waals surface area contributed by atoms with Crippen molar-refractivity contribution in [2.75, 3.05) is 11.9 Å². The molecule has 0 radical (unpaired) electrons. The number of rotatable bonds is 10. The molecule has 2 amide bonds. The first-order chi connectivity index (χ1) is 13.4. The Morgan fingerprint density at radius 3 is 2.32 bits per heavy atom. The molecule has 7 nitrogen and oxygen atoms in total. The standard InChI is InChI=1S/C21H24N2O5/c1-15(24)22-19(16-6-3-2-4-7-16)14-20(25)23-17-9-11-18(12-10-17)28-13-5-8-21(26)27/h2-4,6-7,9-12,19H,5,8,13-14H2,1H3,(H,22,24)(H,23,25)(H,26,27). The van der Waals surface area contributed by atoms with E-state index in [2.05, 4.69) is 10.6 Å². The second-order valence-corrected chi connectivity index (χ2v) is 6.29. The SMILES string of the molecule is CC(=O)NC(CC(=O)Nc1ccc(OCCCC(=O)O)cc1)c1ccccc1. The summed E-state index contributed by atoms with van der Waals surface area (Å²) < 4.78 is 5.46. The third-order valence-corrected chi connectivity index (χ3v) is 3.91.